The van der Waals surface area contributed by atoms with Crippen LogP contribution in [0.5, 0.6) is 0 Å². The SMILES string of the molecule is COC(=O)[C@H]1CCCCN1C(=O)Cc1c(C)noc1C. The summed E-state index contributed by atoms with van der Waals surface area (Å²) in [5.74, 6) is 0.244. The Hall–Kier alpha value is -1.85. The van der Waals surface area contributed by atoms with Gasteiger partial charge in [0, 0.05) is 12.1 Å². The fraction of sp³-hybridized carbons (Fsp3) is 0.643. The van der Waals surface area contributed by atoms with Crippen molar-refractivity contribution in [3.8, 4) is 0 Å². The number of nitrogens with zero attached hydrogens (tertiary/aromatic N) is 2. The lowest BCUT2D eigenvalue weighted by Crippen LogP contribution is -2.49. The maximum Gasteiger partial charge on any atom is 0.328 e. The van der Waals surface area contributed by atoms with Gasteiger partial charge in [0.15, 0.2) is 0 Å². The van der Waals surface area contributed by atoms with Crippen LogP contribution in [0.2, 0.25) is 0 Å². The molecule has 1 saturated heterocycles. The Morgan fingerprint density at radius 1 is 1.40 bits per heavy atom. The minimum absolute atomic E-state index is 0.0745. The monoisotopic (exact) mass is 280 g/mol. The zero-order chi connectivity index (χ0) is 14.7. The molecule has 0 saturated carbocycles. The number of aromatic nitrogens is 1. The van der Waals surface area contributed by atoms with E-state index in [2.05, 4.69) is 5.16 Å². The first-order valence-electron chi connectivity index (χ1n) is 6.83. The predicted molar refractivity (Wildman–Crippen MR) is 71.0 cm³/mol. The normalized spacial score (nSPS) is 18.9. The largest absolute Gasteiger partial charge is 0.467 e. The number of carbonyl (C=O) groups excluding carboxylic acids is 2. The fourth-order valence-corrected chi connectivity index (χ4v) is 2.62. The van der Waals surface area contributed by atoms with Crippen LogP contribution in [0.4, 0.5) is 0 Å². The van der Waals surface area contributed by atoms with E-state index in [4.69, 9.17) is 9.26 Å². The zero-order valence-corrected chi connectivity index (χ0v) is 12.1. The van der Waals surface area contributed by atoms with E-state index < -0.39 is 6.04 Å². The number of esters is 1. The summed E-state index contributed by atoms with van der Waals surface area (Å²) in [6.45, 7) is 4.20. The van der Waals surface area contributed by atoms with E-state index in [1.54, 1.807) is 11.8 Å². The van der Waals surface area contributed by atoms with Gasteiger partial charge in [0.25, 0.3) is 0 Å². The van der Waals surface area contributed by atoms with Crippen molar-refractivity contribution in [3.05, 3.63) is 17.0 Å². The number of methoxy groups -OCH3 is 1. The van der Waals surface area contributed by atoms with Crippen molar-refractivity contribution in [1.29, 1.82) is 0 Å². The third-order valence-electron chi connectivity index (χ3n) is 3.81. The average molecular weight is 280 g/mol. The van der Waals surface area contributed by atoms with E-state index in [9.17, 15) is 9.59 Å². The molecule has 2 heterocycles. The number of ether oxygens (including phenoxy) is 1. The van der Waals surface area contributed by atoms with Gasteiger partial charge in [-0.3, -0.25) is 4.79 Å². The molecule has 0 bridgehead atoms. The number of amides is 1. The molecule has 0 spiro atoms. The van der Waals surface area contributed by atoms with Crippen molar-refractivity contribution < 1.29 is 18.8 Å². The molecule has 110 valence electrons. The summed E-state index contributed by atoms with van der Waals surface area (Å²) in [4.78, 5) is 25.8. The number of hydrogen-bond donors (Lipinski definition) is 0. The molecule has 6 heteroatoms. The Balaban J connectivity index is 2.12. The van der Waals surface area contributed by atoms with Crippen LogP contribution in [-0.2, 0) is 20.7 Å². The van der Waals surface area contributed by atoms with Gasteiger partial charge in [-0.25, -0.2) is 4.79 Å². The third-order valence-corrected chi connectivity index (χ3v) is 3.81. The standard InChI is InChI=1S/C14H20N2O4/c1-9-11(10(2)20-15-9)8-13(17)16-7-5-4-6-12(16)14(18)19-3/h12H,4-8H2,1-3H3/t12-/m1/s1. The molecular weight excluding hydrogens is 260 g/mol. The van der Waals surface area contributed by atoms with Crippen molar-refractivity contribution in [2.45, 2.75) is 45.6 Å². The molecule has 1 aliphatic heterocycles. The molecular formula is C14H20N2O4. The summed E-state index contributed by atoms with van der Waals surface area (Å²) in [6, 6.07) is -0.457. The van der Waals surface area contributed by atoms with Crippen LogP contribution >= 0.6 is 0 Å². The summed E-state index contributed by atoms with van der Waals surface area (Å²) in [5.41, 5.74) is 1.53. The molecule has 20 heavy (non-hydrogen) atoms. The molecule has 1 amide bonds. The second-order valence-electron chi connectivity index (χ2n) is 5.10. The van der Waals surface area contributed by atoms with E-state index in [1.165, 1.54) is 7.11 Å². The highest BCUT2D eigenvalue weighted by atomic mass is 16.5. The molecule has 1 atom stereocenters. The molecule has 6 nitrogen and oxygen atoms in total. The highest BCUT2D eigenvalue weighted by molar-refractivity contribution is 5.86. The highest BCUT2D eigenvalue weighted by Gasteiger charge is 2.33. The summed E-state index contributed by atoms with van der Waals surface area (Å²) in [6.07, 6.45) is 2.74. The van der Waals surface area contributed by atoms with Crippen LogP contribution in [0.25, 0.3) is 0 Å². The lowest BCUT2D eigenvalue weighted by molar-refractivity contribution is -0.154. The van der Waals surface area contributed by atoms with Gasteiger partial charge in [0.05, 0.1) is 19.2 Å². The van der Waals surface area contributed by atoms with Gasteiger partial charge in [-0.2, -0.15) is 0 Å². The fourth-order valence-electron chi connectivity index (χ4n) is 2.62. The molecule has 0 radical (unpaired) electrons. The van der Waals surface area contributed by atoms with Gasteiger partial charge < -0.3 is 14.2 Å². The molecule has 0 aliphatic carbocycles. The number of hydrogen-bond acceptors (Lipinski definition) is 5. The summed E-state index contributed by atoms with van der Waals surface area (Å²) >= 11 is 0. The van der Waals surface area contributed by atoms with Gasteiger partial charge in [-0.05, 0) is 33.1 Å². The van der Waals surface area contributed by atoms with Gasteiger partial charge in [-0.15, -0.1) is 0 Å². The van der Waals surface area contributed by atoms with E-state index >= 15 is 0 Å². The van der Waals surface area contributed by atoms with Gasteiger partial charge in [-0.1, -0.05) is 5.16 Å². The van der Waals surface area contributed by atoms with Crippen molar-refractivity contribution in [3.63, 3.8) is 0 Å². The van der Waals surface area contributed by atoms with Gasteiger partial charge in [0.1, 0.15) is 11.8 Å². The quantitative estimate of drug-likeness (QED) is 0.782. The van der Waals surface area contributed by atoms with Crippen molar-refractivity contribution in [1.82, 2.24) is 10.1 Å². The minimum atomic E-state index is -0.457. The Morgan fingerprint density at radius 3 is 2.75 bits per heavy atom. The summed E-state index contributed by atoms with van der Waals surface area (Å²) in [5, 5.41) is 3.85. The smallest absolute Gasteiger partial charge is 0.328 e. The Kier molecular flexibility index (Phi) is 4.42. The second-order valence-corrected chi connectivity index (χ2v) is 5.10. The van der Waals surface area contributed by atoms with Gasteiger partial charge in [0.2, 0.25) is 5.91 Å². The lowest BCUT2D eigenvalue weighted by atomic mass is 10.0. The predicted octanol–water partition coefficient (Wildman–Crippen LogP) is 1.39. The van der Waals surface area contributed by atoms with Crippen molar-refractivity contribution in [2.75, 3.05) is 13.7 Å². The first-order chi connectivity index (χ1) is 9.54. The van der Waals surface area contributed by atoms with Gasteiger partial charge >= 0.3 is 5.97 Å². The Bertz CT molecular complexity index is 490. The topological polar surface area (TPSA) is 72.6 Å². The van der Waals surface area contributed by atoms with Crippen molar-refractivity contribution in [2.24, 2.45) is 0 Å². The lowest BCUT2D eigenvalue weighted by Gasteiger charge is -2.33. The maximum atomic E-state index is 12.4. The third kappa shape index (κ3) is 2.84. The van der Waals surface area contributed by atoms with Crippen LogP contribution in [-0.4, -0.2) is 41.6 Å². The summed E-state index contributed by atoms with van der Waals surface area (Å²) in [7, 11) is 1.36. The van der Waals surface area contributed by atoms with Crippen LogP contribution in [0, 0.1) is 13.8 Å². The first-order valence-corrected chi connectivity index (χ1v) is 6.83. The minimum Gasteiger partial charge on any atom is -0.467 e. The highest BCUT2D eigenvalue weighted by Crippen LogP contribution is 2.21. The Labute approximate surface area is 118 Å². The molecule has 1 aromatic rings. The van der Waals surface area contributed by atoms with E-state index in [-0.39, 0.29) is 18.3 Å². The number of likely N-dealkylation sites (tertiary alicyclic amines) is 1. The number of piperidine rings is 1. The van der Waals surface area contributed by atoms with E-state index in [1.807, 2.05) is 6.92 Å². The molecule has 1 fully saturated rings. The molecule has 1 aromatic heterocycles. The second kappa shape index (κ2) is 6.07. The number of rotatable bonds is 3. The van der Waals surface area contributed by atoms with Crippen molar-refractivity contribution >= 4 is 11.9 Å². The first kappa shape index (κ1) is 14.6. The van der Waals surface area contributed by atoms with E-state index in [0.717, 1.165) is 24.1 Å². The van der Waals surface area contributed by atoms with Crippen LogP contribution in [0.3, 0.4) is 0 Å². The van der Waals surface area contributed by atoms with E-state index in [0.29, 0.717) is 18.7 Å². The average Bonchev–Trinajstić information content (AvgIpc) is 2.78. The van der Waals surface area contributed by atoms with Crippen LogP contribution < -0.4 is 0 Å². The van der Waals surface area contributed by atoms with Crippen LogP contribution in [0.15, 0.2) is 4.52 Å². The molecule has 0 N–H and O–H groups in total. The number of carbonyl (C=O) groups is 2. The number of aryl methyl sites for hydroxylation is 2. The zero-order valence-electron chi connectivity index (χ0n) is 12.1. The molecule has 1 aliphatic rings. The molecule has 2 rings (SSSR count). The summed E-state index contributed by atoms with van der Waals surface area (Å²) < 4.78 is 9.86. The Morgan fingerprint density at radius 2 is 2.15 bits per heavy atom. The molecule has 0 aromatic carbocycles. The maximum absolute atomic E-state index is 12.4. The van der Waals surface area contributed by atoms with Crippen LogP contribution in [0.1, 0.15) is 36.3 Å². The molecule has 0 unspecified atom stereocenters.